The van der Waals surface area contributed by atoms with Crippen LogP contribution in [0.1, 0.15) is 43.2 Å². The number of carbonyl (C=O) groups excluding carboxylic acids is 1. The molecule has 1 saturated carbocycles. The van der Waals surface area contributed by atoms with E-state index in [1.165, 1.54) is 19.3 Å². The van der Waals surface area contributed by atoms with Gasteiger partial charge in [0.2, 0.25) is 0 Å². The van der Waals surface area contributed by atoms with Gasteiger partial charge in [0.1, 0.15) is 11.5 Å². The molecular weight excluding hydrogens is 276 g/mol. The summed E-state index contributed by atoms with van der Waals surface area (Å²) < 4.78 is 10.9. The van der Waals surface area contributed by atoms with Gasteiger partial charge in [-0.15, -0.1) is 0 Å². The second-order valence-electron chi connectivity index (χ2n) is 6.09. The summed E-state index contributed by atoms with van der Waals surface area (Å²) in [5.41, 5.74) is 2.10. The van der Waals surface area contributed by atoms with Crippen molar-refractivity contribution in [1.82, 2.24) is 0 Å². The Morgan fingerprint density at radius 2 is 1.23 bits per heavy atom. The molecule has 0 bridgehead atoms. The molecule has 0 aromatic heterocycles. The van der Waals surface area contributed by atoms with E-state index in [0.29, 0.717) is 11.5 Å². The number of para-hydroxylation sites is 2. The van der Waals surface area contributed by atoms with Crippen molar-refractivity contribution in [1.29, 1.82) is 0 Å². The lowest BCUT2D eigenvalue weighted by atomic mass is 9.64. The zero-order valence-electron chi connectivity index (χ0n) is 12.4. The molecule has 0 amide bonds. The van der Waals surface area contributed by atoms with Gasteiger partial charge in [-0.1, -0.05) is 55.7 Å². The average molecular weight is 294 g/mol. The van der Waals surface area contributed by atoms with Crippen molar-refractivity contribution < 1.29 is 14.3 Å². The number of ether oxygens (including phenoxy) is 2. The number of fused-ring (bicyclic) bond motifs is 4. The number of benzene rings is 2. The van der Waals surface area contributed by atoms with Crippen molar-refractivity contribution in [3.05, 3.63) is 59.7 Å². The maximum Gasteiger partial charge on any atom is 0.519 e. The summed E-state index contributed by atoms with van der Waals surface area (Å²) in [4.78, 5) is 12.0. The summed E-state index contributed by atoms with van der Waals surface area (Å²) in [7, 11) is 0. The van der Waals surface area contributed by atoms with E-state index in [4.69, 9.17) is 9.47 Å². The van der Waals surface area contributed by atoms with E-state index >= 15 is 0 Å². The van der Waals surface area contributed by atoms with Gasteiger partial charge >= 0.3 is 6.16 Å². The van der Waals surface area contributed by atoms with Crippen LogP contribution in [-0.4, -0.2) is 6.16 Å². The third-order valence-corrected chi connectivity index (χ3v) is 4.90. The molecule has 0 atom stereocenters. The van der Waals surface area contributed by atoms with Crippen molar-refractivity contribution in [3.63, 3.8) is 0 Å². The molecule has 0 saturated heterocycles. The highest BCUT2D eigenvalue weighted by Crippen LogP contribution is 2.51. The van der Waals surface area contributed by atoms with Crippen molar-refractivity contribution in [2.24, 2.45) is 0 Å². The van der Waals surface area contributed by atoms with Crippen LogP contribution in [0.25, 0.3) is 0 Å². The monoisotopic (exact) mass is 294 g/mol. The first-order valence-corrected chi connectivity index (χ1v) is 7.88. The summed E-state index contributed by atoms with van der Waals surface area (Å²) in [6.45, 7) is 0. The van der Waals surface area contributed by atoms with Crippen LogP contribution in [0.5, 0.6) is 11.5 Å². The molecule has 0 radical (unpaired) electrons. The quantitative estimate of drug-likeness (QED) is 0.516. The lowest BCUT2D eigenvalue weighted by Crippen LogP contribution is -2.34. The highest BCUT2D eigenvalue weighted by atomic mass is 16.7. The Bertz CT molecular complexity index is 661. The van der Waals surface area contributed by atoms with Gasteiger partial charge < -0.3 is 9.47 Å². The molecule has 1 fully saturated rings. The lowest BCUT2D eigenvalue weighted by Gasteiger charge is -2.40. The van der Waals surface area contributed by atoms with Crippen LogP contribution in [0.4, 0.5) is 4.79 Å². The molecule has 0 N–H and O–H groups in total. The fourth-order valence-corrected chi connectivity index (χ4v) is 3.94. The average Bonchev–Trinajstić information content (AvgIpc) is 2.55. The number of hydrogen-bond donors (Lipinski definition) is 0. The predicted octanol–water partition coefficient (Wildman–Crippen LogP) is 4.83. The maximum atomic E-state index is 12.0. The van der Waals surface area contributed by atoms with E-state index in [9.17, 15) is 4.79 Å². The Kier molecular flexibility index (Phi) is 3.14. The molecule has 4 rings (SSSR count). The van der Waals surface area contributed by atoms with Crippen molar-refractivity contribution in [2.45, 2.75) is 37.5 Å². The minimum absolute atomic E-state index is 0.119. The number of rotatable bonds is 0. The number of hydrogen-bond acceptors (Lipinski definition) is 3. The van der Waals surface area contributed by atoms with Gasteiger partial charge in [-0.3, -0.25) is 0 Å². The molecular formula is C19H18O3. The molecule has 1 spiro atoms. The van der Waals surface area contributed by atoms with Crippen LogP contribution < -0.4 is 9.47 Å². The molecule has 112 valence electrons. The van der Waals surface area contributed by atoms with Gasteiger partial charge in [-0.2, -0.15) is 0 Å². The molecule has 2 aromatic carbocycles. The summed E-state index contributed by atoms with van der Waals surface area (Å²) in [6, 6.07) is 15.8. The molecule has 3 heteroatoms. The van der Waals surface area contributed by atoms with Crippen molar-refractivity contribution in [3.8, 4) is 11.5 Å². The van der Waals surface area contributed by atoms with E-state index in [0.717, 1.165) is 24.0 Å². The smallest absolute Gasteiger partial charge is 0.394 e. The van der Waals surface area contributed by atoms with E-state index < -0.39 is 6.16 Å². The molecule has 2 aromatic rings. The van der Waals surface area contributed by atoms with Gasteiger partial charge in [0.05, 0.1) is 0 Å². The largest absolute Gasteiger partial charge is 0.519 e. The van der Waals surface area contributed by atoms with E-state index in [1.54, 1.807) is 0 Å². The second kappa shape index (κ2) is 5.16. The predicted molar refractivity (Wildman–Crippen MR) is 83.4 cm³/mol. The Balaban J connectivity index is 2.00. The summed E-state index contributed by atoms with van der Waals surface area (Å²) >= 11 is 0. The first-order chi connectivity index (χ1) is 10.8. The van der Waals surface area contributed by atoms with Crippen LogP contribution >= 0.6 is 0 Å². The Labute approximate surface area is 129 Å². The van der Waals surface area contributed by atoms with E-state index in [-0.39, 0.29) is 5.41 Å². The third-order valence-electron chi connectivity index (χ3n) is 4.90. The maximum absolute atomic E-state index is 12.0. The molecule has 3 nitrogen and oxygen atoms in total. The van der Waals surface area contributed by atoms with Gasteiger partial charge in [-0.05, 0) is 25.0 Å². The first kappa shape index (κ1) is 13.4. The lowest BCUT2D eigenvalue weighted by molar-refractivity contribution is 0.146. The number of carbonyl (C=O) groups is 1. The summed E-state index contributed by atoms with van der Waals surface area (Å²) in [6.07, 6.45) is 5.06. The highest BCUT2D eigenvalue weighted by Gasteiger charge is 2.41. The normalized spacial score (nSPS) is 19.2. The zero-order chi connectivity index (χ0) is 15.0. The minimum atomic E-state index is -0.662. The van der Waals surface area contributed by atoms with E-state index in [1.807, 2.05) is 36.4 Å². The summed E-state index contributed by atoms with van der Waals surface area (Å²) in [5.74, 6) is 1.26. The Morgan fingerprint density at radius 3 is 1.77 bits per heavy atom. The standard InChI is InChI=1S/C19H18O3/c20-18-21-16-10-4-2-8-14(16)19(12-6-1-7-13-19)15-9-3-5-11-17(15)22-18/h2-5,8-11H,1,6-7,12-13H2. The molecule has 1 heterocycles. The van der Waals surface area contributed by atoms with Crippen LogP contribution in [0.15, 0.2) is 48.5 Å². The third kappa shape index (κ3) is 2.00. The van der Waals surface area contributed by atoms with E-state index in [2.05, 4.69) is 12.1 Å². The topological polar surface area (TPSA) is 35.5 Å². The Hall–Kier alpha value is -2.29. The summed E-state index contributed by atoms with van der Waals surface area (Å²) in [5, 5.41) is 0. The fourth-order valence-electron chi connectivity index (χ4n) is 3.94. The van der Waals surface area contributed by atoms with Crippen LogP contribution in [0, 0.1) is 0 Å². The van der Waals surface area contributed by atoms with Gasteiger partial charge in [0.25, 0.3) is 0 Å². The zero-order valence-corrected chi connectivity index (χ0v) is 12.4. The molecule has 1 aliphatic carbocycles. The molecule has 1 aliphatic heterocycles. The van der Waals surface area contributed by atoms with Crippen LogP contribution in [-0.2, 0) is 5.41 Å². The second-order valence-corrected chi connectivity index (χ2v) is 6.09. The SMILES string of the molecule is O=C1Oc2ccccc2C2(CCCCC2)c2ccccc2O1. The van der Waals surface area contributed by atoms with Gasteiger partial charge in [0, 0.05) is 16.5 Å². The van der Waals surface area contributed by atoms with Crippen LogP contribution in [0.2, 0.25) is 0 Å². The molecule has 2 aliphatic rings. The van der Waals surface area contributed by atoms with Crippen LogP contribution in [0.3, 0.4) is 0 Å². The van der Waals surface area contributed by atoms with Crippen molar-refractivity contribution >= 4 is 6.16 Å². The fraction of sp³-hybridized carbons (Fsp3) is 0.316. The first-order valence-electron chi connectivity index (χ1n) is 7.88. The van der Waals surface area contributed by atoms with Gasteiger partial charge in [-0.25, -0.2) is 4.79 Å². The minimum Gasteiger partial charge on any atom is -0.394 e. The van der Waals surface area contributed by atoms with Gasteiger partial charge in [0.15, 0.2) is 0 Å². The molecule has 0 unspecified atom stereocenters. The van der Waals surface area contributed by atoms with Crippen molar-refractivity contribution in [2.75, 3.05) is 0 Å². The molecule has 22 heavy (non-hydrogen) atoms. The Morgan fingerprint density at radius 1 is 0.727 bits per heavy atom. The highest BCUT2D eigenvalue weighted by molar-refractivity contribution is 5.71.